The summed E-state index contributed by atoms with van der Waals surface area (Å²) >= 11 is 0. The van der Waals surface area contributed by atoms with Gasteiger partial charge in [0.05, 0.1) is 11.9 Å². The first-order valence-electron chi connectivity index (χ1n) is 9.46. The van der Waals surface area contributed by atoms with E-state index in [-0.39, 0.29) is 6.03 Å². The molecule has 3 rings (SSSR count). The summed E-state index contributed by atoms with van der Waals surface area (Å²) in [6.07, 6.45) is 5.77. The molecule has 0 bridgehead atoms. The highest BCUT2D eigenvalue weighted by Gasteiger charge is 2.26. The number of rotatable bonds is 7. The zero-order valence-corrected chi connectivity index (χ0v) is 15.8. The molecule has 1 aliphatic heterocycles. The van der Waals surface area contributed by atoms with Crippen molar-refractivity contribution < 1.29 is 4.79 Å². The third kappa shape index (κ3) is 4.85. The molecule has 1 aromatic carbocycles. The molecule has 6 nitrogen and oxygen atoms in total. The highest BCUT2D eigenvalue weighted by atomic mass is 16.2. The minimum absolute atomic E-state index is 0.0575. The van der Waals surface area contributed by atoms with Crippen LogP contribution in [0, 0.1) is 5.92 Å². The number of amides is 2. The van der Waals surface area contributed by atoms with Crippen molar-refractivity contribution in [3.8, 4) is 5.69 Å². The standard InChI is InChI=1S/C20H29N5O/c1-3-23(2)14-18-10-12-24(15-18)20(26)21-11-9-17-13-22-25(16-17)19-7-5-4-6-8-19/h4-8,13,16,18H,3,9-12,14-15H2,1-2H3,(H,21,26). The third-order valence-electron chi connectivity index (χ3n) is 5.03. The smallest absolute Gasteiger partial charge is 0.317 e. The molecule has 140 valence electrons. The first-order valence-corrected chi connectivity index (χ1v) is 9.46. The van der Waals surface area contributed by atoms with E-state index in [1.165, 1.54) is 0 Å². The van der Waals surface area contributed by atoms with Crippen molar-refractivity contribution in [1.29, 1.82) is 0 Å². The summed E-state index contributed by atoms with van der Waals surface area (Å²) in [6, 6.07) is 10.1. The van der Waals surface area contributed by atoms with Crippen LogP contribution >= 0.6 is 0 Å². The topological polar surface area (TPSA) is 53.4 Å². The van der Waals surface area contributed by atoms with Crippen LogP contribution in [0.25, 0.3) is 5.69 Å². The highest BCUT2D eigenvalue weighted by Crippen LogP contribution is 2.17. The summed E-state index contributed by atoms with van der Waals surface area (Å²) in [5.41, 5.74) is 2.17. The molecule has 1 N–H and O–H groups in total. The van der Waals surface area contributed by atoms with Gasteiger partial charge in [-0.2, -0.15) is 5.10 Å². The molecular formula is C20H29N5O. The van der Waals surface area contributed by atoms with Crippen LogP contribution in [-0.4, -0.2) is 65.4 Å². The zero-order chi connectivity index (χ0) is 18.4. The Kier molecular flexibility index (Phi) is 6.28. The second-order valence-electron chi connectivity index (χ2n) is 7.07. The van der Waals surface area contributed by atoms with Crippen molar-refractivity contribution in [2.75, 3.05) is 39.8 Å². The Bertz CT molecular complexity index is 699. The minimum Gasteiger partial charge on any atom is -0.338 e. The number of nitrogens with one attached hydrogen (secondary N) is 1. The second-order valence-corrected chi connectivity index (χ2v) is 7.07. The van der Waals surface area contributed by atoms with Crippen LogP contribution in [0.4, 0.5) is 4.79 Å². The van der Waals surface area contributed by atoms with E-state index in [9.17, 15) is 4.79 Å². The van der Waals surface area contributed by atoms with Gasteiger partial charge in [0.1, 0.15) is 0 Å². The lowest BCUT2D eigenvalue weighted by Gasteiger charge is -2.20. The summed E-state index contributed by atoms with van der Waals surface area (Å²) in [6.45, 7) is 6.65. The van der Waals surface area contributed by atoms with E-state index in [1.54, 1.807) is 0 Å². The number of likely N-dealkylation sites (tertiary alicyclic amines) is 1. The largest absolute Gasteiger partial charge is 0.338 e. The molecule has 0 aliphatic carbocycles. The average molecular weight is 355 g/mol. The maximum absolute atomic E-state index is 12.3. The van der Waals surface area contributed by atoms with E-state index in [4.69, 9.17) is 0 Å². The van der Waals surface area contributed by atoms with Gasteiger partial charge in [-0.25, -0.2) is 9.48 Å². The highest BCUT2D eigenvalue weighted by molar-refractivity contribution is 5.74. The van der Waals surface area contributed by atoms with Crippen LogP contribution in [0.1, 0.15) is 18.9 Å². The number of para-hydroxylation sites is 1. The van der Waals surface area contributed by atoms with Crippen molar-refractivity contribution >= 4 is 6.03 Å². The van der Waals surface area contributed by atoms with E-state index in [0.29, 0.717) is 12.5 Å². The lowest BCUT2D eigenvalue weighted by molar-refractivity contribution is 0.205. The van der Waals surface area contributed by atoms with E-state index in [1.807, 2.05) is 52.3 Å². The average Bonchev–Trinajstić information content (AvgIpc) is 3.32. The molecule has 2 amide bonds. The maximum atomic E-state index is 12.3. The van der Waals surface area contributed by atoms with Gasteiger partial charge in [0.2, 0.25) is 0 Å². The Labute approximate surface area is 155 Å². The molecule has 26 heavy (non-hydrogen) atoms. The van der Waals surface area contributed by atoms with E-state index >= 15 is 0 Å². The van der Waals surface area contributed by atoms with Crippen LogP contribution in [0.3, 0.4) is 0 Å². The van der Waals surface area contributed by atoms with Gasteiger partial charge < -0.3 is 15.1 Å². The molecule has 1 aliphatic rings. The van der Waals surface area contributed by atoms with Crippen LogP contribution in [-0.2, 0) is 6.42 Å². The Hall–Kier alpha value is -2.34. The lowest BCUT2D eigenvalue weighted by atomic mass is 10.1. The third-order valence-corrected chi connectivity index (χ3v) is 5.03. The van der Waals surface area contributed by atoms with Crippen molar-refractivity contribution in [3.05, 3.63) is 48.3 Å². The number of carbonyl (C=O) groups is 1. The fourth-order valence-corrected chi connectivity index (χ4v) is 3.37. The molecular weight excluding hydrogens is 326 g/mol. The first-order chi connectivity index (χ1) is 12.7. The molecule has 1 unspecified atom stereocenters. The van der Waals surface area contributed by atoms with Gasteiger partial charge in [0, 0.05) is 32.4 Å². The monoisotopic (exact) mass is 355 g/mol. The Balaban J connectivity index is 1.41. The van der Waals surface area contributed by atoms with Crippen LogP contribution in [0.15, 0.2) is 42.7 Å². The fourth-order valence-electron chi connectivity index (χ4n) is 3.37. The van der Waals surface area contributed by atoms with Gasteiger partial charge in [-0.3, -0.25) is 0 Å². The van der Waals surface area contributed by atoms with Crippen molar-refractivity contribution in [2.24, 2.45) is 5.92 Å². The normalized spacial score (nSPS) is 17.0. The molecule has 1 saturated heterocycles. The number of nitrogens with zero attached hydrogens (tertiary/aromatic N) is 4. The number of urea groups is 1. The lowest BCUT2D eigenvalue weighted by Crippen LogP contribution is -2.40. The quantitative estimate of drug-likeness (QED) is 0.830. The van der Waals surface area contributed by atoms with Crippen LogP contribution in [0.5, 0.6) is 0 Å². The Morgan fingerprint density at radius 3 is 2.92 bits per heavy atom. The molecule has 1 atom stereocenters. The van der Waals surface area contributed by atoms with E-state index in [2.05, 4.69) is 29.3 Å². The van der Waals surface area contributed by atoms with Gasteiger partial charge in [-0.1, -0.05) is 25.1 Å². The van der Waals surface area contributed by atoms with Gasteiger partial charge in [0.15, 0.2) is 0 Å². The predicted octanol–water partition coefficient (Wildman–Crippen LogP) is 2.40. The summed E-state index contributed by atoms with van der Waals surface area (Å²) in [4.78, 5) is 16.6. The number of benzene rings is 1. The van der Waals surface area contributed by atoms with E-state index in [0.717, 1.165) is 50.3 Å². The van der Waals surface area contributed by atoms with Crippen molar-refractivity contribution in [1.82, 2.24) is 24.9 Å². The number of hydrogen-bond acceptors (Lipinski definition) is 3. The molecule has 0 radical (unpaired) electrons. The summed E-state index contributed by atoms with van der Waals surface area (Å²) in [5, 5.41) is 7.44. The van der Waals surface area contributed by atoms with E-state index < -0.39 is 0 Å². The molecule has 0 spiro atoms. The molecule has 6 heteroatoms. The summed E-state index contributed by atoms with van der Waals surface area (Å²) in [5.74, 6) is 0.592. The molecule has 1 fully saturated rings. The molecule has 2 aromatic rings. The van der Waals surface area contributed by atoms with Gasteiger partial charge in [-0.15, -0.1) is 0 Å². The summed E-state index contributed by atoms with van der Waals surface area (Å²) < 4.78 is 1.87. The van der Waals surface area contributed by atoms with Gasteiger partial charge in [0.25, 0.3) is 0 Å². The Morgan fingerprint density at radius 1 is 1.35 bits per heavy atom. The predicted molar refractivity (Wildman–Crippen MR) is 104 cm³/mol. The van der Waals surface area contributed by atoms with Crippen molar-refractivity contribution in [2.45, 2.75) is 19.8 Å². The number of aromatic nitrogens is 2. The minimum atomic E-state index is 0.0575. The summed E-state index contributed by atoms with van der Waals surface area (Å²) in [7, 11) is 2.14. The molecule has 1 aromatic heterocycles. The Morgan fingerprint density at radius 2 is 2.15 bits per heavy atom. The van der Waals surface area contributed by atoms with Gasteiger partial charge in [-0.05, 0) is 50.0 Å². The zero-order valence-electron chi connectivity index (χ0n) is 15.8. The molecule has 0 saturated carbocycles. The number of carbonyl (C=O) groups excluding carboxylic acids is 1. The van der Waals surface area contributed by atoms with Crippen LogP contribution < -0.4 is 5.32 Å². The maximum Gasteiger partial charge on any atom is 0.317 e. The first kappa shape index (κ1) is 18.5. The SMILES string of the molecule is CCN(C)CC1CCN(C(=O)NCCc2cnn(-c3ccccc3)c2)C1. The van der Waals surface area contributed by atoms with Gasteiger partial charge >= 0.3 is 6.03 Å². The van der Waals surface area contributed by atoms with Crippen LogP contribution in [0.2, 0.25) is 0 Å². The fraction of sp³-hybridized carbons (Fsp3) is 0.500. The van der Waals surface area contributed by atoms with Crippen molar-refractivity contribution in [3.63, 3.8) is 0 Å². The second kappa shape index (κ2) is 8.85. The molecule has 2 heterocycles. The number of hydrogen-bond donors (Lipinski definition) is 1.